The number of rotatable bonds is 8. The Labute approximate surface area is 154 Å². The molecule has 2 aromatic carbocycles. The van der Waals surface area contributed by atoms with Gasteiger partial charge in [-0.1, -0.05) is 49.4 Å². The van der Waals surface area contributed by atoms with Gasteiger partial charge in [0.05, 0.1) is 6.42 Å². The van der Waals surface area contributed by atoms with Gasteiger partial charge in [0.15, 0.2) is 0 Å². The summed E-state index contributed by atoms with van der Waals surface area (Å²) in [7, 11) is 1.57. The third-order valence-electron chi connectivity index (χ3n) is 4.39. The minimum atomic E-state index is -0.517. The molecule has 2 rings (SSSR count). The first-order chi connectivity index (χ1) is 12.5. The van der Waals surface area contributed by atoms with E-state index < -0.39 is 6.04 Å². The summed E-state index contributed by atoms with van der Waals surface area (Å²) >= 11 is 0. The van der Waals surface area contributed by atoms with Crippen LogP contribution in [0.1, 0.15) is 24.5 Å². The lowest BCUT2D eigenvalue weighted by molar-refractivity contribution is -0.140. The molecule has 0 fully saturated rings. The Kier molecular flexibility index (Phi) is 7.33. The van der Waals surface area contributed by atoms with E-state index >= 15 is 0 Å². The van der Waals surface area contributed by atoms with Crippen LogP contribution < -0.4 is 5.32 Å². The van der Waals surface area contributed by atoms with Crippen LogP contribution in [0, 0.1) is 5.82 Å². The van der Waals surface area contributed by atoms with E-state index in [1.807, 2.05) is 37.3 Å². The zero-order valence-electron chi connectivity index (χ0n) is 15.2. The van der Waals surface area contributed by atoms with Crippen molar-refractivity contribution in [3.05, 3.63) is 71.5 Å². The molecular weight excluding hydrogens is 331 g/mol. The van der Waals surface area contributed by atoms with Crippen LogP contribution in [-0.4, -0.2) is 36.3 Å². The first-order valence-electron chi connectivity index (χ1n) is 8.84. The topological polar surface area (TPSA) is 49.4 Å². The molecule has 0 aliphatic heterocycles. The van der Waals surface area contributed by atoms with Crippen molar-refractivity contribution in [3.8, 4) is 0 Å². The van der Waals surface area contributed by atoms with Gasteiger partial charge in [0.25, 0.3) is 0 Å². The molecule has 0 spiro atoms. The lowest BCUT2D eigenvalue weighted by Crippen LogP contribution is -2.49. The van der Waals surface area contributed by atoms with Crippen molar-refractivity contribution in [2.75, 3.05) is 13.6 Å². The molecule has 0 saturated heterocycles. The predicted octanol–water partition coefficient (Wildman–Crippen LogP) is 2.96. The first kappa shape index (κ1) is 19.6. The average molecular weight is 356 g/mol. The molecule has 5 heteroatoms. The highest BCUT2D eigenvalue weighted by atomic mass is 19.1. The Hall–Kier alpha value is -2.69. The summed E-state index contributed by atoms with van der Waals surface area (Å²) in [5.74, 6) is -0.644. The summed E-state index contributed by atoms with van der Waals surface area (Å²) in [5.41, 5.74) is 1.84. The Morgan fingerprint density at radius 3 is 2.27 bits per heavy atom. The van der Waals surface area contributed by atoms with Crippen LogP contribution in [0.3, 0.4) is 0 Å². The van der Waals surface area contributed by atoms with E-state index in [1.54, 1.807) is 24.1 Å². The van der Waals surface area contributed by atoms with Gasteiger partial charge in [0.2, 0.25) is 11.8 Å². The number of hydrogen-bond donors (Lipinski definition) is 1. The van der Waals surface area contributed by atoms with E-state index in [4.69, 9.17) is 0 Å². The molecule has 0 aromatic heterocycles. The van der Waals surface area contributed by atoms with Crippen LogP contribution in [-0.2, 0) is 22.4 Å². The minimum absolute atomic E-state index is 0.136. The van der Waals surface area contributed by atoms with Crippen LogP contribution in [0.15, 0.2) is 54.6 Å². The quantitative estimate of drug-likeness (QED) is 0.791. The largest absolute Gasteiger partial charge is 0.357 e. The summed E-state index contributed by atoms with van der Waals surface area (Å²) in [6.45, 7) is 2.34. The van der Waals surface area contributed by atoms with Crippen LogP contribution in [0.5, 0.6) is 0 Å². The summed E-state index contributed by atoms with van der Waals surface area (Å²) in [4.78, 5) is 26.8. The van der Waals surface area contributed by atoms with E-state index in [1.165, 1.54) is 12.1 Å². The highest BCUT2D eigenvalue weighted by molar-refractivity contribution is 5.88. The standard InChI is InChI=1S/C21H25FN2O2/c1-3-19(21(26)23-2)24(14-13-16-7-5-4-6-8-16)20(25)15-17-9-11-18(22)12-10-17/h4-12,19H,3,13-15H2,1-2H3,(H,23,26)/t19-/m0/s1. The van der Waals surface area contributed by atoms with Crippen LogP contribution in [0.25, 0.3) is 0 Å². The van der Waals surface area contributed by atoms with Crippen molar-refractivity contribution in [2.24, 2.45) is 0 Å². The lowest BCUT2D eigenvalue weighted by Gasteiger charge is -2.30. The van der Waals surface area contributed by atoms with Gasteiger partial charge in [0, 0.05) is 13.6 Å². The second kappa shape index (κ2) is 9.70. The summed E-state index contributed by atoms with van der Waals surface area (Å²) in [5, 5.41) is 2.64. The SMILES string of the molecule is CC[C@@H](C(=O)NC)N(CCc1ccccc1)C(=O)Cc1ccc(F)cc1. The number of nitrogens with zero attached hydrogens (tertiary/aromatic N) is 1. The molecule has 0 bridgehead atoms. The Morgan fingerprint density at radius 2 is 1.69 bits per heavy atom. The highest BCUT2D eigenvalue weighted by Gasteiger charge is 2.27. The number of carbonyl (C=O) groups excluding carboxylic acids is 2. The number of hydrogen-bond acceptors (Lipinski definition) is 2. The van der Waals surface area contributed by atoms with E-state index in [0.717, 1.165) is 11.1 Å². The zero-order valence-corrected chi connectivity index (χ0v) is 15.2. The number of nitrogens with one attached hydrogen (secondary N) is 1. The predicted molar refractivity (Wildman–Crippen MR) is 100 cm³/mol. The molecule has 0 radical (unpaired) electrons. The number of halogens is 1. The fraction of sp³-hybridized carbons (Fsp3) is 0.333. The molecule has 4 nitrogen and oxygen atoms in total. The van der Waals surface area contributed by atoms with Crippen LogP contribution in [0.4, 0.5) is 4.39 Å². The summed E-state index contributed by atoms with van der Waals surface area (Å²) in [6.07, 6.45) is 1.34. The van der Waals surface area contributed by atoms with E-state index in [9.17, 15) is 14.0 Å². The molecular formula is C21H25FN2O2. The Morgan fingerprint density at radius 1 is 1.04 bits per heavy atom. The molecule has 0 unspecified atom stereocenters. The van der Waals surface area contributed by atoms with Crippen LogP contribution in [0.2, 0.25) is 0 Å². The van der Waals surface area contributed by atoms with E-state index in [-0.39, 0.29) is 24.1 Å². The third-order valence-corrected chi connectivity index (χ3v) is 4.39. The summed E-state index contributed by atoms with van der Waals surface area (Å²) < 4.78 is 13.1. The van der Waals surface area contributed by atoms with Crippen molar-refractivity contribution in [1.82, 2.24) is 10.2 Å². The van der Waals surface area contributed by atoms with Gasteiger partial charge in [-0.05, 0) is 36.1 Å². The maximum Gasteiger partial charge on any atom is 0.242 e. The Balaban J connectivity index is 2.16. The van der Waals surface area contributed by atoms with Crippen molar-refractivity contribution in [1.29, 1.82) is 0 Å². The van der Waals surface area contributed by atoms with Crippen LogP contribution >= 0.6 is 0 Å². The average Bonchev–Trinajstić information content (AvgIpc) is 2.67. The number of benzene rings is 2. The fourth-order valence-corrected chi connectivity index (χ4v) is 2.94. The second-order valence-electron chi connectivity index (χ2n) is 6.16. The van der Waals surface area contributed by atoms with Gasteiger partial charge < -0.3 is 10.2 Å². The van der Waals surface area contributed by atoms with Gasteiger partial charge in [-0.15, -0.1) is 0 Å². The maximum atomic E-state index is 13.1. The van der Waals surface area contributed by atoms with Gasteiger partial charge in [-0.25, -0.2) is 4.39 Å². The molecule has 2 amide bonds. The molecule has 0 heterocycles. The first-order valence-corrected chi connectivity index (χ1v) is 8.84. The molecule has 2 aromatic rings. The fourth-order valence-electron chi connectivity index (χ4n) is 2.94. The third kappa shape index (κ3) is 5.41. The molecule has 0 saturated carbocycles. The number of carbonyl (C=O) groups is 2. The van der Waals surface area contributed by atoms with Gasteiger partial charge in [0.1, 0.15) is 11.9 Å². The molecule has 138 valence electrons. The molecule has 26 heavy (non-hydrogen) atoms. The van der Waals surface area contributed by atoms with Crippen molar-refractivity contribution in [3.63, 3.8) is 0 Å². The van der Waals surface area contributed by atoms with Gasteiger partial charge in [-0.3, -0.25) is 9.59 Å². The minimum Gasteiger partial charge on any atom is -0.357 e. The van der Waals surface area contributed by atoms with Crippen molar-refractivity contribution in [2.45, 2.75) is 32.2 Å². The lowest BCUT2D eigenvalue weighted by atomic mass is 10.1. The smallest absolute Gasteiger partial charge is 0.242 e. The second-order valence-corrected chi connectivity index (χ2v) is 6.16. The van der Waals surface area contributed by atoms with Crippen molar-refractivity contribution >= 4 is 11.8 Å². The van der Waals surface area contributed by atoms with E-state index in [2.05, 4.69) is 5.32 Å². The van der Waals surface area contributed by atoms with E-state index in [0.29, 0.717) is 19.4 Å². The normalized spacial score (nSPS) is 11.7. The highest BCUT2D eigenvalue weighted by Crippen LogP contribution is 2.12. The molecule has 1 atom stereocenters. The van der Waals surface area contributed by atoms with Gasteiger partial charge >= 0.3 is 0 Å². The number of likely N-dealkylation sites (N-methyl/N-ethyl adjacent to an activating group) is 1. The molecule has 0 aliphatic carbocycles. The summed E-state index contributed by atoms with van der Waals surface area (Å²) in [6, 6.07) is 15.2. The maximum absolute atomic E-state index is 13.1. The molecule has 0 aliphatic rings. The van der Waals surface area contributed by atoms with Gasteiger partial charge in [-0.2, -0.15) is 0 Å². The Bertz CT molecular complexity index is 717. The zero-order chi connectivity index (χ0) is 18.9. The number of amides is 2. The monoisotopic (exact) mass is 356 g/mol. The van der Waals surface area contributed by atoms with Crippen molar-refractivity contribution < 1.29 is 14.0 Å². The molecule has 1 N–H and O–H groups in total.